The number of rotatable bonds is 4. The van der Waals surface area contributed by atoms with Crippen molar-refractivity contribution in [3.63, 3.8) is 0 Å². The van der Waals surface area contributed by atoms with E-state index in [4.69, 9.17) is 5.73 Å². The summed E-state index contributed by atoms with van der Waals surface area (Å²) < 4.78 is 1.80. The van der Waals surface area contributed by atoms with E-state index in [1.807, 2.05) is 19.4 Å². The standard InChI is InChI=1S/C11H20N4/c1-15-8-9(6-14-15)11(12)7-13-10-4-2-3-5-10/h6,8,10-11,13H,2-5,7,12H2,1H3. The molecule has 0 saturated heterocycles. The number of aromatic nitrogens is 2. The van der Waals surface area contributed by atoms with Crippen molar-refractivity contribution in [2.24, 2.45) is 12.8 Å². The van der Waals surface area contributed by atoms with Crippen molar-refractivity contribution in [2.45, 2.75) is 37.8 Å². The Hall–Kier alpha value is -0.870. The highest BCUT2D eigenvalue weighted by Gasteiger charge is 2.16. The highest BCUT2D eigenvalue weighted by atomic mass is 15.2. The molecule has 0 aliphatic heterocycles. The predicted octanol–water partition coefficient (Wildman–Crippen LogP) is 0.952. The molecule has 2 rings (SSSR count). The first-order valence-corrected chi connectivity index (χ1v) is 5.73. The van der Waals surface area contributed by atoms with Crippen LogP contribution in [-0.2, 0) is 7.05 Å². The predicted molar refractivity (Wildman–Crippen MR) is 60.4 cm³/mol. The summed E-state index contributed by atoms with van der Waals surface area (Å²) in [5.74, 6) is 0. The maximum atomic E-state index is 6.07. The van der Waals surface area contributed by atoms with Crippen LogP contribution >= 0.6 is 0 Å². The van der Waals surface area contributed by atoms with Crippen LogP contribution in [0.3, 0.4) is 0 Å². The largest absolute Gasteiger partial charge is 0.323 e. The fourth-order valence-corrected chi connectivity index (χ4v) is 2.17. The Morgan fingerprint density at radius 2 is 2.33 bits per heavy atom. The fourth-order valence-electron chi connectivity index (χ4n) is 2.17. The first-order chi connectivity index (χ1) is 7.25. The van der Waals surface area contributed by atoms with Crippen LogP contribution in [0, 0.1) is 0 Å². The Morgan fingerprint density at radius 1 is 1.60 bits per heavy atom. The molecule has 1 aliphatic rings. The lowest BCUT2D eigenvalue weighted by Crippen LogP contribution is -2.33. The molecule has 0 amide bonds. The SMILES string of the molecule is Cn1cc(C(N)CNC2CCCC2)cn1. The highest BCUT2D eigenvalue weighted by Crippen LogP contribution is 2.18. The lowest BCUT2D eigenvalue weighted by atomic mass is 10.1. The molecule has 0 radical (unpaired) electrons. The van der Waals surface area contributed by atoms with E-state index >= 15 is 0 Å². The van der Waals surface area contributed by atoms with Crippen LogP contribution in [0.2, 0.25) is 0 Å². The number of aryl methyl sites for hydroxylation is 1. The van der Waals surface area contributed by atoms with Gasteiger partial charge in [-0.05, 0) is 12.8 Å². The van der Waals surface area contributed by atoms with Crippen molar-refractivity contribution >= 4 is 0 Å². The van der Waals surface area contributed by atoms with Gasteiger partial charge in [0.25, 0.3) is 0 Å². The van der Waals surface area contributed by atoms with Gasteiger partial charge in [0, 0.05) is 37.4 Å². The van der Waals surface area contributed by atoms with Crippen molar-refractivity contribution in [1.29, 1.82) is 0 Å². The van der Waals surface area contributed by atoms with E-state index in [-0.39, 0.29) is 6.04 Å². The van der Waals surface area contributed by atoms with Gasteiger partial charge in [0.15, 0.2) is 0 Å². The first kappa shape index (κ1) is 10.6. The second-order valence-corrected chi connectivity index (χ2v) is 4.44. The number of hydrogen-bond acceptors (Lipinski definition) is 3. The average Bonchev–Trinajstić information content (AvgIpc) is 2.84. The summed E-state index contributed by atoms with van der Waals surface area (Å²) in [6.07, 6.45) is 9.17. The third-order valence-corrected chi connectivity index (χ3v) is 3.13. The van der Waals surface area contributed by atoms with Gasteiger partial charge in [-0.1, -0.05) is 12.8 Å². The summed E-state index contributed by atoms with van der Waals surface area (Å²) in [5, 5.41) is 7.65. The van der Waals surface area contributed by atoms with Gasteiger partial charge in [-0.3, -0.25) is 4.68 Å². The van der Waals surface area contributed by atoms with Crippen LogP contribution in [0.25, 0.3) is 0 Å². The van der Waals surface area contributed by atoms with E-state index in [0.717, 1.165) is 12.1 Å². The van der Waals surface area contributed by atoms with Crippen LogP contribution < -0.4 is 11.1 Å². The molecule has 1 fully saturated rings. The molecule has 1 atom stereocenters. The summed E-state index contributed by atoms with van der Waals surface area (Å²) in [4.78, 5) is 0. The summed E-state index contributed by atoms with van der Waals surface area (Å²) in [7, 11) is 1.92. The third kappa shape index (κ3) is 2.79. The minimum Gasteiger partial charge on any atom is -0.323 e. The van der Waals surface area contributed by atoms with Crippen molar-refractivity contribution in [2.75, 3.05) is 6.54 Å². The van der Waals surface area contributed by atoms with Gasteiger partial charge in [0.1, 0.15) is 0 Å². The van der Waals surface area contributed by atoms with Crippen molar-refractivity contribution in [1.82, 2.24) is 15.1 Å². The molecule has 1 saturated carbocycles. The van der Waals surface area contributed by atoms with Gasteiger partial charge >= 0.3 is 0 Å². The number of nitrogens with one attached hydrogen (secondary N) is 1. The van der Waals surface area contributed by atoms with E-state index in [1.54, 1.807) is 4.68 Å². The molecule has 1 unspecified atom stereocenters. The molecule has 0 aromatic carbocycles. The molecular weight excluding hydrogens is 188 g/mol. The number of hydrogen-bond donors (Lipinski definition) is 2. The molecule has 84 valence electrons. The van der Waals surface area contributed by atoms with E-state index in [2.05, 4.69) is 10.4 Å². The zero-order valence-corrected chi connectivity index (χ0v) is 9.32. The van der Waals surface area contributed by atoms with Gasteiger partial charge < -0.3 is 11.1 Å². The van der Waals surface area contributed by atoms with Gasteiger partial charge in [-0.15, -0.1) is 0 Å². The Labute approximate surface area is 90.8 Å². The molecule has 3 N–H and O–H groups in total. The molecule has 0 bridgehead atoms. The Morgan fingerprint density at radius 3 is 2.93 bits per heavy atom. The van der Waals surface area contributed by atoms with E-state index < -0.39 is 0 Å². The van der Waals surface area contributed by atoms with Crippen molar-refractivity contribution in [3.8, 4) is 0 Å². The molecule has 4 nitrogen and oxygen atoms in total. The molecule has 0 spiro atoms. The summed E-state index contributed by atoms with van der Waals surface area (Å²) >= 11 is 0. The van der Waals surface area contributed by atoms with E-state index in [1.165, 1.54) is 25.7 Å². The van der Waals surface area contributed by atoms with Gasteiger partial charge in [-0.2, -0.15) is 5.10 Å². The topological polar surface area (TPSA) is 55.9 Å². The van der Waals surface area contributed by atoms with E-state index in [9.17, 15) is 0 Å². The maximum absolute atomic E-state index is 6.07. The summed E-state index contributed by atoms with van der Waals surface area (Å²) in [6.45, 7) is 0.857. The van der Waals surface area contributed by atoms with Crippen LogP contribution in [0.1, 0.15) is 37.3 Å². The lowest BCUT2D eigenvalue weighted by Gasteiger charge is -2.15. The molecule has 1 aromatic heterocycles. The third-order valence-electron chi connectivity index (χ3n) is 3.13. The molecule has 4 heteroatoms. The maximum Gasteiger partial charge on any atom is 0.0537 e. The monoisotopic (exact) mass is 208 g/mol. The van der Waals surface area contributed by atoms with Crippen LogP contribution in [-0.4, -0.2) is 22.4 Å². The quantitative estimate of drug-likeness (QED) is 0.774. The minimum atomic E-state index is 0.0688. The lowest BCUT2D eigenvalue weighted by molar-refractivity contribution is 0.492. The highest BCUT2D eigenvalue weighted by molar-refractivity contribution is 5.09. The minimum absolute atomic E-state index is 0.0688. The zero-order valence-electron chi connectivity index (χ0n) is 9.32. The fraction of sp³-hybridized carbons (Fsp3) is 0.727. The Bertz CT molecular complexity index is 301. The molecular formula is C11H20N4. The first-order valence-electron chi connectivity index (χ1n) is 5.73. The molecule has 1 aromatic rings. The molecule has 1 heterocycles. The van der Waals surface area contributed by atoms with Crippen LogP contribution in [0.5, 0.6) is 0 Å². The normalized spacial score (nSPS) is 19.6. The van der Waals surface area contributed by atoms with Gasteiger partial charge in [-0.25, -0.2) is 0 Å². The van der Waals surface area contributed by atoms with Gasteiger partial charge in [0.05, 0.1) is 6.20 Å². The van der Waals surface area contributed by atoms with Crippen molar-refractivity contribution < 1.29 is 0 Å². The van der Waals surface area contributed by atoms with Crippen LogP contribution in [0.4, 0.5) is 0 Å². The second-order valence-electron chi connectivity index (χ2n) is 4.44. The number of nitrogens with two attached hydrogens (primary N) is 1. The zero-order chi connectivity index (χ0) is 10.7. The summed E-state index contributed by atoms with van der Waals surface area (Å²) in [5.41, 5.74) is 7.18. The molecule has 1 aliphatic carbocycles. The smallest absolute Gasteiger partial charge is 0.0537 e. The second kappa shape index (κ2) is 4.77. The van der Waals surface area contributed by atoms with Gasteiger partial charge in [0.2, 0.25) is 0 Å². The summed E-state index contributed by atoms with van der Waals surface area (Å²) in [6, 6.07) is 0.757. The Balaban J connectivity index is 1.79. The van der Waals surface area contributed by atoms with E-state index in [0.29, 0.717) is 6.04 Å². The Kier molecular flexibility index (Phi) is 3.38. The average molecular weight is 208 g/mol. The molecule has 15 heavy (non-hydrogen) atoms. The van der Waals surface area contributed by atoms with Crippen LogP contribution in [0.15, 0.2) is 12.4 Å². The van der Waals surface area contributed by atoms with Crippen molar-refractivity contribution in [3.05, 3.63) is 18.0 Å². The number of nitrogens with zero attached hydrogens (tertiary/aromatic N) is 2.